The first-order chi connectivity index (χ1) is 10.7. The van der Waals surface area contributed by atoms with Crippen molar-refractivity contribution in [2.24, 2.45) is 5.10 Å². The molecule has 0 fully saturated rings. The van der Waals surface area contributed by atoms with Crippen LogP contribution in [0.3, 0.4) is 0 Å². The number of pyridine rings is 1. The third-order valence-corrected chi connectivity index (χ3v) is 4.08. The van der Waals surface area contributed by atoms with E-state index in [4.69, 9.17) is 27.9 Å². The van der Waals surface area contributed by atoms with Crippen molar-refractivity contribution in [2.75, 3.05) is 12.5 Å². The second-order valence-corrected chi connectivity index (χ2v) is 5.87. The third-order valence-electron chi connectivity index (χ3n) is 3.59. The molecule has 0 bridgehead atoms. The second kappa shape index (κ2) is 6.55. The van der Waals surface area contributed by atoms with Crippen LogP contribution in [-0.2, 0) is 6.42 Å². The van der Waals surface area contributed by atoms with Crippen molar-refractivity contribution in [3.8, 4) is 5.75 Å². The number of rotatable bonds is 3. The molecule has 1 aliphatic carbocycles. The molecule has 0 saturated carbocycles. The van der Waals surface area contributed by atoms with Crippen LogP contribution in [0.25, 0.3) is 0 Å². The number of ether oxygens (including phenoxy) is 1. The van der Waals surface area contributed by atoms with Gasteiger partial charge in [0.2, 0.25) is 0 Å². The summed E-state index contributed by atoms with van der Waals surface area (Å²) in [5, 5.41) is 5.42. The number of nitrogens with zero attached hydrogens (tertiary/aromatic N) is 2. The maximum atomic E-state index is 6.09. The van der Waals surface area contributed by atoms with Crippen LogP contribution in [0.4, 0.5) is 5.82 Å². The van der Waals surface area contributed by atoms with Crippen molar-refractivity contribution in [3.05, 3.63) is 51.6 Å². The summed E-state index contributed by atoms with van der Waals surface area (Å²) in [6.07, 6.45) is 4.54. The Morgan fingerprint density at radius 1 is 1.23 bits per heavy atom. The molecular weight excluding hydrogens is 321 g/mol. The fourth-order valence-corrected chi connectivity index (χ4v) is 2.92. The van der Waals surface area contributed by atoms with Gasteiger partial charge in [0.1, 0.15) is 5.75 Å². The van der Waals surface area contributed by atoms with Gasteiger partial charge < -0.3 is 4.74 Å². The standard InChI is InChI=1S/C16H15Cl2N3O/c1-22-12-5-6-13-10(7-12)3-2-4-15(13)20-21-16-14(18)8-11(17)9-19-16/h5-9H,2-4H2,1H3,(H,19,21). The monoisotopic (exact) mass is 335 g/mol. The lowest BCUT2D eigenvalue weighted by molar-refractivity contribution is 0.414. The summed E-state index contributed by atoms with van der Waals surface area (Å²) >= 11 is 11.9. The molecule has 4 nitrogen and oxygen atoms in total. The Kier molecular flexibility index (Phi) is 4.50. The Bertz CT molecular complexity index is 731. The average molecular weight is 336 g/mol. The van der Waals surface area contributed by atoms with Gasteiger partial charge in [-0.25, -0.2) is 4.98 Å². The fourth-order valence-electron chi connectivity index (χ4n) is 2.50. The number of aromatic nitrogens is 1. The van der Waals surface area contributed by atoms with Crippen LogP contribution in [0.15, 0.2) is 35.6 Å². The van der Waals surface area contributed by atoms with Crippen molar-refractivity contribution in [2.45, 2.75) is 19.3 Å². The van der Waals surface area contributed by atoms with Crippen molar-refractivity contribution in [3.63, 3.8) is 0 Å². The van der Waals surface area contributed by atoms with Gasteiger partial charge in [0.25, 0.3) is 0 Å². The van der Waals surface area contributed by atoms with Gasteiger partial charge in [-0.2, -0.15) is 5.10 Å². The highest BCUT2D eigenvalue weighted by Crippen LogP contribution is 2.27. The van der Waals surface area contributed by atoms with Gasteiger partial charge in [-0.15, -0.1) is 0 Å². The van der Waals surface area contributed by atoms with Crippen LogP contribution in [0.1, 0.15) is 24.0 Å². The van der Waals surface area contributed by atoms with Gasteiger partial charge in [0, 0.05) is 11.8 Å². The first kappa shape index (κ1) is 15.1. The molecule has 22 heavy (non-hydrogen) atoms. The largest absolute Gasteiger partial charge is 0.497 e. The molecule has 1 aromatic heterocycles. The van der Waals surface area contributed by atoms with Crippen molar-refractivity contribution in [1.29, 1.82) is 0 Å². The van der Waals surface area contributed by atoms with E-state index in [0.29, 0.717) is 15.9 Å². The number of hydrogen-bond acceptors (Lipinski definition) is 4. The first-order valence-corrected chi connectivity index (χ1v) is 7.74. The molecule has 0 saturated heterocycles. The topological polar surface area (TPSA) is 46.5 Å². The minimum absolute atomic E-state index is 0.447. The molecule has 1 heterocycles. The van der Waals surface area contributed by atoms with Crippen LogP contribution in [0, 0.1) is 0 Å². The second-order valence-electron chi connectivity index (χ2n) is 5.03. The summed E-state index contributed by atoms with van der Waals surface area (Å²) in [4.78, 5) is 4.14. The Morgan fingerprint density at radius 3 is 2.86 bits per heavy atom. The molecule has 6 heteroatoms. The molecule has 0 aliphatic heterocycles. The lowest BCUT2D eigenvalue weighted by atomic mass is 9.90. The molecule has 0 unspecified atom stereocenters. The number of fused-ring (bicyclic) bond motifs is 1. The number of hydrogen-bond donors (Lipinski definition) is 1. The van der Waals surface area contributed by atoms with E-state index in [1.165, 1.54) is 11.8 Å². The Labute approximate surface area is 139 Å². The van der Waals surface area contributed by atoms with Crippen molar-refractivity contribution >= 4 is 34.7 Å². The highest BCUT2D eigenvalue weighted by molar-refractivity contribution is 6.35. The summed E-state index contributed by atoms with van der Waals surface area (Å²) in [5.41, 5.74) is 6.33. The third kappa shape index (κ3) is 3.18. The van der Waals surface area contributed by atoms with Crippen molar-refractivity contribution < 1.29 is 4.74 Å². The van der Waals surface area contributed by atoms with E-state index in [1.807, 2.05) is 12.1 Å². The molecule has 0 spiro atoms. The quantitative estimate of drug-likeness (QED) is 0.837. The number of anilines is 1. The van der Waals surface area contributed by atoms with E-state index in [9.17, 15) is 0 Å². The maximum absolute atomic E-state index is 6.09. The smallest absolute Gasteiger partial charge is 0.165 e. The van der Waals surface area contributed by atoms with E-state index in [1.54, 1.807) is 13.2 Å². The Morgan fingerprint density at radius 2 is 2.09 bits per heavy atom. The van der Waals surface area contributed by atoms with Crippen LogP contribution in [0.2, 0.25) is 10.0 Å². The van der Waals surface area contributed by atoms with E-state index in [0.717, 1.165) is 36.3 Å². The predicted molar refractivity (Wildman–Crippen MR) is 90.3 cm³/mol. The predicted octanol–water partition coefficient (Wildman–Crippen LogP) is 4.55. The molecular formula is C16H15Cl2N3O. The first-order valence-electron chi connectivity index (χ1n) is 6.98. The van der Waals surface area contributed by atoms with E-state index >= 15 is 0 Å². The zero-order valence-electron chi connectivity index (χ0n) is 12.1. The number of methoxy groups -OCH3 is 1. The maximum Gasteiger partial charge on any atom is 0.165 e. The van der Waals surface area contributed by atoms with E-state index < -0.39 is 0 Å². The van der Waals surface area contributed by atoms with E-state index in [2.05, 4.69) is 21.6 Å². The molecule has 1 aromatic carbocycles. The number of hydrazone groups is 1. The number of aryl methyl sites for hydroxylation is 1. The molecule has 0 radical (unpaired) electrons. The minimum Gasteiger partial charge on any atom is -0.497 e. The van der Waals surface area contributed by atoms with Gasteiger partial charge in [-0.05, 0) is 49.1 Å². The van der Waals surface area contributed by atoms with Crippen LogP contribution >= 0.6 is 23.2 Å². The summed E-state index contributed by atoms with van der Waals surface area (Å²) in [6, 6.07) is 7.70. The number of halogens is 2. The van der Waals surface area contributed by atoms with Gasteiger partial charge >= 0.3 is 0 Å². The summed E-state index contributed by atoms with van der Waals surface area (Å²) < 4.78 is 5.28. The van der Waals surface area contributed by atoms with Crippen molar-refractivity contribution in [1.82, 2.24) is 4.98 Å². The normalized spacial score (nSPS) is 15.5. The average Bonchev–Trinajstić information content (AvgIpc) is 2.53. The lowest BCUT2D eigenvalue weighted by Gasteiger charge is -2.18. The fraction of sp³-hybridized carbons (Fsp3) is 0.250. The van der Waals surface area contributed by atoms with E-state index in [-0.39, 0.29) is 0 Å². The zero-order chi connectivity index (χ0) is 15.5. The highest BCUT2D eigenvalue weighted by atomic mass is 35.5. The number of nitrogens with one attached hydrogen (secondary N) is 1. The Balaban J connectivity index is 1.87. The lowest BCUT2D eigenvalue weighted by Crippen LogP contribution is -2.14. The minimum atomic E-state index is 0.447. The Hall–Kier alpha value is -1.78. The molecule has 0 atom stereocenters. The van der Waals surface area contributed by atoms with Gasteiger partial charge in [0.05, 0.1) is 22.9 Å². The van der Waals surface area contributed by atoms with Gasteiger partial charge in [-0.3, -0.25) is 5.43 Å². The summed E-state index contributed by atoms with van der Waals surface area (Å²) in [6.45, 7) is 0. The van der Waals surface area contributed by atoms with Gasteiger partial charge in [-0.1, -0.05) is 23.2 Å². The molecule has 114 valence electrons. The zero-order valence-corrected chi connectivity index (χ0v) is 13.6. The molecule has 1 aliphatic rings. The summed E-state index contributed by atoms with van der Waals surface area (Å²) in [7, 11) is 1.68. The SMILES string of the molecule is COc1ccc2c(c1)CCCC2=NNc1ncc(Cl)cc1Cl. The molecule has 2 aromatic rings. The van der Waals surface area contributed by atoms with Crippen LogP contribution in [0.5, 0.6) is 5.75 Å². The molecule has 3 rings (SSSR count). The van der Waals surface area contributed by atoms with Crippen LogP contribution < -0.4 is 10.2 Å². The number of benzene rings is 1. The highest BCUT2D eigenvalue weighted by Gasteiger charge is 2.16. The van der Waals surface area contributed by atoms with Gasteiger partial charge in [0.15, 0.2) is 5.82 Å². The van der Waals surface area contributed by atoms with Crippen LogP contribution in [-0.4, -0.2) is 17.8 Å². The molecule has 1 N–H and O–H groups in total. The summed E-state index contributed by atoms with van der Waals surface area (Å²) in [5.74, 6) is 1.37. The molecule has 0 amide bonds.